The van der Waals surface area contributed by atoms with Crippen molar-refractivity contribution in [2.75, 3.05) is 39.3 Å². The molecule has 0 unspecified atom stereocenters. The number of hydrogen-bond donors (Lipinski definition) is 2. The minimum atomic E-state index is -3.61. The molecule has 0 saturated carbocycles. The standard InChI is InChI=1S/C11H16N2O5S2/c14-6-5-12-1-3-13(4-2-12)20(17,18)10-7-9(8-19-10)11(15)16/h7-8,14H,1-6H2,(H,15,16). The molecule has 0 spiro atoms. The first-order valence-electron chi connectivity index (χ1n) is 6.10. The summed E-state index contributed by atoms with van der Waals surface area (Å²) in [6.07, 6.45) is 0. The Kier molecular flexibility index (Phi) is 4.76. The first-order chi connectivity index (χ1) is 9.45. The highest BCUT2D eigenvalue weighted by atomic mass is 32.2. The molecule has 0 aromatic carbocycles. The van der Waals surface area contributed by atoms with Crippen LogP contribution in [0, 0.1) is 0 Å². The summed E-state index contributed by atoms with van der Waals surface area (Å²) in [5.41, 5.74) is -0.00695. The van der Waals surface area contributed by atoms with Crippen molar-refractivity contribution in [3.63, 3.8) is 0 Å². The molecule has 2 rings (SSSR count). The molecule has 2 N–H and O–H groups in total. The Morgan fingerprint density at radius 2 is 1.95 bits per heavy atom. The quantitative estimate of drug-likeness (QED) is 0.776. The number of aliphatic hydroxyl groups is 1. The number of aliphatic hydroxyl groups excluding tert-OH is 1. The summed E-state index contributed by atoms with van der Waals surface area (Å²) in [5.74, 6) is -1.13. The molecule has 0 amide bonds. The molecule has 9 heteroatoms. The van der Waals surface area contributed by atoms with Gasteiger partial charge in [0.25, 0.3) is 10.0 Å². The van der Waals surface area contributed by atoms with E-state index >= 15 is 0 Å². The van der Waals surface area contributed by atoms with Crippen molar-refractivity contribution in [1.29, 1.82) is 0 Å². The predicted molar refractivity (Wildman–Crippen MR) is 73.6 cm³/mol. The Balaban J connectivity index is 2.09. The fourth-order valence-corrected chi connectivity index (χ4v) is 4.75. The van der Waals surface area contributed by atoms with Crippen LogP contribution in [0.5, 0.6) is 0 Å². The monoisotopic (exact) mass is 320 g/mol. The van der Waals surface area contributed by atoms with Gasteiger partial charge in [-0.15, -0.1) is 11.3 Å². The van der Waals surface area contributed by atoms with E-state index < -0.39 is 16.0 Å². The predicted octanol–water partition coefficient (Wildman–Crippen LogP) is -0.255. The van der Waals surface area contributed by atoms with Gasteiger partial charge in [-0.25, -0.2) is 13.2 Å². The van der Waals surface area contributed by atoms with Crippen LogP contribution >= 0.6 is 11.3 Å². The van der Waals surface area contributed by atoms with Crippen molar-refractivity contribution in [2.45, 2.75) is 4.21 Å². The molecular weight excluding hydrogens is 304 g/mol. The second-order valence-corrected chi connectivity index (χ2v) is 7.50. The van der Waals surface area contributed by atoms with Gasteiger partial charge in [0.1, 0.15) is 4.21 Å². The van der Waals surface area contributed by atoms with E-state index in [0.29, 0.717) is 32.7 Å². The van der Waals surface area contributed by atoms with E-state index in [4.69, 9.17) is 10.2 Å². The van der Waals surface area contributed by atoms with Crippen LogP contribution in [0.25, 0.3) is 0 Å². The number of carbonyl (C=O) groups is 1. The third-order valence-corrected chi connectivity index (χ3v) is 6.48. The van der Waals surface area contributed by atoms with Crippen LogP contribution < -0.4 is 0 Å². The van der Waals surface area contributed by atoms with Gasteiger partial charge in [0.2, 0.25) is 0 Å². The Morgan fingerprint density at radius 1 is 1.30 bits per heavy atom. The second-order valence-electron chi connectivity index (χ2n) is 4.43. The van der Waals surface area contributed by atoms with Gasteiger partial charge in [0.05, 0.1) is 12.2 Å². The third-order valence-electron chi connectivity index (χ3n) is 3.16. The maximum Gasteiger partial charge on any atom is 0.336 e. The molecule has 1 aliphatic rings. The highest BCUT2D eigenvalue weighted by Gasteiger charge is 2.29. The van der Waals surface area contributed by atoms with Crippen LogP contribution in [0.4, 0.5) is 0 Å². The summed E-state index contributed by atoms with van der Waals surface area (Å²) in [4.78, 5) is 12.8. The van der Waals surface area contributed by atoms with Gasteiger partial charge in [-0.2, -0.15) is 4.31 Å². The zero-order valence-corrected chi connectivity index (χ0v) is 12.4. The molecule has 0 aliphatic carbocycles. The smallest absolute Gasteiger partial charge is 0.336 e. The Bertz CT molecular complexity index is 575. The summed E-state index contributed by atoms with van der Waals surface area (Å²) < 4.78 is 26.1. The van der Waals surface area contributed by atoms with Crippen LogP contribution in [0.2, 0.25) is 0 Å². The average Bonchev–Trinajstić information content (AvgIpc) is 2.90. The molecule has 1 aromatic heterocycles. The summed E-state index contributed by atoms with van der Waals surface area (Å²) in [6.45, 7) is 2.43. The molecule has 20 heavy (non-hydrogen) atoms. The maximum atomic E-state index is 12.4. The van der Waals surface area contributed by atoms with Crippen LogP contribution in [-0.4, -0.2) is 73.1 Å². The van der Waals surface area contributed by atoms with Gasteiger partial charge in [0.15, 0.2) is 0 Å². The molecule has 2 heterocycles. The number of thiophene rings is 1. The molecular formula is C11H16N2O5S2. The Labute approximate surface area is 121 Å². The topological polar surface area (TPSA) is 98.1 Å². The molecule has 1 fully saturated rings. The zero-order valence-electron chi connectivity index (χ0n) is 10.7. The normalized spacial score (nSPS) is 18.2. The lowest BCUT2D eigenvalue weighted by Gasteiger charge is -2.33. The summed E-state index contributed by atoms with van der Waals surface area (Å²) >= 11 is 0.925. The summed E-state index contributed by atoms with van der Waals surface area (Å²) in [5, 5.41) is 19.0. The lowest BCUT2D eigenvalue weighted by atomic mass is 10.4. The fourth-order valence-electron chi connectivity index (χ4n) is 2.03. The first-order valence-corrected chi connectivity index (χ1v) is 8.42. The number of carboxylic acids is 1. The number of nitrogens with zero attached hydrogens (tertiary/aromatic N) is 2. The molecule has 0 atom stereocenters. The van der Waals surface area contributed by atoms with Gasteiger partial charge < -0.3 is 10.2 Å². The highest BCUT2D eigenvalue weighted by Crippen LogP contribution is 2.24. The van der Waals surface area contributed by atoms with Gasteiger partial charge in [-0.1, -0.05) is 0 Å². The van der Waals surface area contributed by atoms with E-state index in [9.17, 15) is 13.2 Å². The summed E-state index contributed by atoms with van der Waals surface area (Å²) in [7, 11) is -3.61. The van der Waals surface area contributed by atoms with Gasteiger partial charge in [-0.05, 0) is 6.07 Å². The van der Waals surface area contributed by atoms with E-state index in [0.717, 1.165) is 11.3 Å². The molecule has 0 radical (unpaired) electrons. The van der Waals surface area contributed by atoms with Gasteiger partial charge in [0, 0.05) is 38.1 Å². The summed E-state index contributed by atoms with van der Waals surface area (Å²) in [6, 6.07) is 1.20. The number of aromatic carboxylic acids is 1. The van der Waals surface area contributed by atoms with Crippen molar-refractivity contribution in [2.24, 2.45) is 0 Å². The van der Waals surface area contributed by atoms with Crippen LogP contribution in [0.1, 0.15) is 10.4 Å². The molecule has 1 aliphatic heterocycles. The second kappa shape index (κ2) is 6.19. The molecule has 112 valence electrons. The van der Waals surface area contributed by atoms with Crippen molar-refractivity contribution < 1.29 is 23.4 Å². The van der Waals surface area contributed by atoms with Crippen molar-refractivity contribution in [3.05, 3.63) is 17.0 Å². The van der Waals surface area contributed by atoms with Crippen LogP contribution in [0.3, 0.4) is 0 Å². The lowest BCUT2D eigenvalue weighted by molar-refractivity contribution is 0.0697. The van der Waals surface area contributed by atoms with Crippen molar-refractivity contribution >= 4 is 27.3 Å². The van der Waals surface area contributed by atoms with Crippen molar-refractivity contribution in [3.8, 4) is 0 Å². The Morgan fingerprint density at radius 3 is 2.45 bits per heavy atom. The SMILES string of the molecule is O=C(O)c1csc(S(=O)(=O)N2CCN(CCO)CC2)c1. The van der Waals surface area contributed by atoms with Crippen LogP contribution in [0.15, 0.2) is 15.7 Å². The largest absolute Gasteiger partial charge is 0.478 e. The van der Waals surface area contributed by atoms with Gasteiger partial charge in [-0.3, -0.25) is 4.90 Å². The number of carboxylic acid groups (broad SMARTS) is 1. The number of β-amino-alcohol motifs (C(OH)–C–C–N with tert-alkyl or cyclic N) is 1. The van der Waals surface area contributed by atoms with E-state index in [1.54, 1.807) is 0 Å². The number of piperazine rings is 1. The molecule has 1 saturated heterocycles. The fraction of sp³-hybridized carbons (Fsp3) is 0.545. The average molecular weight is 320 g/mol. The number of hydrogen-bond acceptors (Lipinski definition) is 6. The number of rotatable bonds is 5. The minimum Gasteiger partial charge on any atom is -0.478 e. The van der Waals surface area contributed by atoms with E-state index in [-0.39, 0.29) is 16.4 Å². The molecule has 1 aromatic rings. The van der Waals surface area contributed by atoms with Crippen molar-refractivity contribution in [1.82, 2.24) is 9.21 Å². The Hall–Kier alpha value is -1.00. The lowest BCUT2D eigenvalue weighted by Crippen LogP contribution is -2.49. The first kappa shape index (κ1) is 15.4. The van der Waals surface area contributed by atoms with Gasteiger partial charge >= 0.3 is 5.97 Å². The molecule has 7 nitrogen and oxygen atoms in total. The van der Waals surface area contributed by atoms with E-state index in [2.05, 4.69) is 0 Å². The minimum absolute atomic E-state index is 0.00695. The number of sulfonamides is 1. The maximum absolute atomic E-state index is 12.4. The third kappa shape index (κ3) is 3.18. The highest BCUT2D eigenvalue weighted by molar-refractivity contribution is 7.91. The molecule has 0 bridgehead atoms. The van der Waals surface area contributed by atoms with Crippen LogP contribution in [-0.2, 0) is 10.0 Å². The van der Waals surface area contributed by atoms with E-state index in [1.165, 1.54) is 15.8 Å². The zero-order chi connectivity index (χ0) is 14.8. The van der Waals surface area contributed by atoms with E-state index in [1.807, 2.05) is 4.90 Å².